The van der Waals surface area contributed by atoms with Crippen LogP contribution in [0.2, 0.25) is 0 Å². The molecule has 0 spiro atoms. The highest BCUT2D eigenvalue weighted by Crippen LogP contribution is 2.39. The Kier molecular flexibility index (Phi) is 4.61. The molecule has 0 aliphatic carbocycles. The fourth-order valence-electron chi connectivity index (χ4n) is 3.75. The van der Waals surface area contributed by atoms with Gasteiger partial charge >= 0.3 is 0 Å². The number of benzene rings is 2. The maximum atomic E-state index is 13.2. The Balaban J connectivity index is 1.75. The summed E-state index contributed by atoms with van der Waals surface area (Å²) in [7, 11) is -3.67. The van der Waals surface area contributed by atoms with Crippen molar-refractivity contribution in [3.05, 3.63) is 53.6 Å². The Morgan fingerprint density at radius 3 is 2.67 bits per heavy atom. The summed E-state index contributed by atoms with van der Waals surface area (Å²) in [5, 5.41) is 11.0. The van der Waals surface area contributed by atoms with E-state index in [1.807, 2.05) is 32.0 Å². The third-order valence-corrected chi connectivity index (χ3v) is 6.95. The largest absolute Gasteiger partial charge is 0.454 e. The van der Waals surface area contributed by atoms with Gasteiger partial charge in [0.15, 0.2) is 11.5 Å². The van der Waals surface area contributed by atoms with Gasteiger partial charge in [-0.25, -0.2) is 8.42 Å². The predicted molar refractivity (Wildman–Crippen MR) is 100 cm³/mol. The summed E-state index contributed by atoms with van der Waals surface area (Å²) in [4.78, 5) is 0.195. The van der Waals surface area contributed by atoms with Crippen LogP contribution in [0.4, 0.5) is 0 Å². The van der Waals surface area contributed by atoms with Crippen LogP contribution in [0.1, 0.15) is 31.1 Å². The number of hydrogen-bond acceptors (Lipinski definition) is 5. The highest BCUT2D eigenvalue weighted by molar-refractivity contribution is 7.89. The van der Waals surface area contributed by atoms with Crippen molar-refractivity contribution in [1.82, 2.24) is 4.31 Å². The van der Waals surface area contributed by atoms with Crippen molar-refractivity contribution in [2.24, 2.45) is 5.92 Å². The Bertz CT molecular complexity index is 957. The minimum Gasteiger partial charge on any atom is -0.454 e. The molecular weight excluding hydrogens is 366 g/mol. The molecule has 2 heterocycles. The van der Waals surface area contributed by atoms with Crippen LogP contribution >= 0.6 is 0 Å². The third-order valence-electron chi connectivity index (χ3n) is 4.99. The number of aliphatic hydroxyl groups excluding tert-OH is 1. The third kappa shape index (κ3) is 3.20. The van der Waals surface area contributed by atoms with Gasteiger partial charge in [-0.15, -0.1) is 0 Å². The molecule has 27 heavy (non-hydrogen) atoms. The standard InChI is InChI=1S/C20H23NO5S/c1-13(2)11-21-16(9-14-7-8-17-18(10-14)26-12-25-17)20(22)15-5-3-4-6-19(15)27(21,23)24/h3-8,10,13,16,20,22H,9,11-12H2,1-2H3. The molecule has 6 nitrogen and oxygen atoms in total. The van der Waals surface area contributed by atoms with Crippen molar-refractivity contribution in [1.29, 1.82) is 0 Å². The van der Waals surface area contributed by atoms with Crippen LogP contribution in [-0.2, 0) is 16.4 Å². The van der Waals surface area contributed by atoms with Gasteiger partial charge in [-0.2, -0.15) is 4.31 Å². The molecule has 0 fully saturated rings. The van der Waals surface area contributed by atoms with E-state index in [2.05, 4.69) is 0 Å². The molecule has 1 N–H and O–H groups in total. The smallest absolute Gasteiger partial charge is 0.243 e. The lowest BCUT2D eigenvalue weighted by Gasteiger charge is -2.40. The van der Waals surface area contributed by atoms with Gasteiger partial charge in [0.25, 0.3) is 0 Å². The number of nitrogens with zero attached hydrogens (tertiary/aromatic N) is 1. The molecule has 2 aromatic carbocycles. The first-order valence-corrected chi connectivity index (χ1v) is 10.5. The molecule has 2 aliphatic heterocycles. The summed E-state index contributed by atoms with van der Waals surface area (Å²) in [6, 6.07) is 11.7. The van der Waals surface area contributed by atoms with Crippen molar-refractivity contribution < 1.29 is 23.0 Å². The normalized spacial score (nSPS) is 23.4. The van der Waals surface area contributed by atoms with Crippen molar-refractivity contribution in [3.63, 3.8) is 0 Å². The quantitative estimate of drug-likeness (QED) is 0.870. The summed E-state index contributed by atoms with van der Waals surface area (Å²) >= 11 is 0. The van der Waals surface area contributed by atoms with E-state index in [0.717, 1.165) is 5.56 Å². The topological polar surface area (TPSA) is 76.1 Å². The Morgan fingerprint density at radius 1 is 1.15 bits per heavy atom. The molecule has 0 bridgehead atoms. The van der Waals surface area contributed by atoms with E-state index < -0.39 is 22.2 Å². The molecule has 0 aromatic heterocycles. The van der Waals surface area contributed by atoms with Crippen molar-refractivity contribution >= 4 is 10.0 Å². The van der Waals surface area contributed by atoms with Crippen molar-refractivity contribution in [3.8, 4) is 11.5 Å². The van der Waals surface area contributed by atoms with Gasteiger partial charge in [0.1, 0.15) is 0 Å². The number of fused-ring (bicyclic) bond motifs is 2. The average molecular weight is 389 g/mol. The maximum absolute atomic E-state index is 13.2. The maximum Gasteiger partial charge on any atom is 0.243 e. The zero-order chi connectivity index (χ0) is 19.2. The van der Waals surface area contributed by atoms with E-state index in [1.54, 1.807) is 24.3 Å². The Hall–Kier alpha value is -2.09. The minimum atomic E-state index is -3.67. The fraction of sp³-hybridized carbons (Fsp3) is 0.400. The first-order chi connectivity index (χ1) is 12.9. The summed E-state index contributed by atoms with van der Waals surface area (Å²) in [5.41, 5.74) is 1.36. The van der Waals surface area contributed by atoms with Crippen LogP contribution in [0, 0.1) is 5.92 Å². The summed E-state index contributed by atoms with van der Waals surface area (Å²) in [5.74, 6) is 1.47. The number of ether oxygens (including phenoxy) is 2. The molecule has 0 saturated carbocycles. The fourth-order valence-corrected chi connectivity index (χ4v) is 5.78. The van der Waals surface area contributed by atoms with Crippen LogP contribution in [0.25, 0.3) is 0 Å². The van der Waals surface area contributed by atoms with Gasteiger partial charge in [0, 0.05) is 12.1 Å². The van der Waals surface area contributed by atoms with Gasteiger partial charge in [-0.3, -0.25) is 0 Å². The molecule has 2 aromatic rings. The number of sulfonamides is 1. The van der Waals surface area contributed by atoms with Gasteiger partial charge in [0.2, 0.25) is 16.8 Å². The second kappa shape index (κ2) is 6.82. The van der Waals surface area contributed by atoms with E-state index in [1.165, 1.54) is 4.31 Å². The highest BCUT2D eigenvalue weighted by Gasteiger charge is 2.43. The van der Waals surface area contributed by atoms with Gasteiger partial charge in [0.05, 0.1) is 17.0 Å². The molecule has 144 valence electrons. The molecule has 2 unspecified atom stereocenters. The minimum absolute atomic E-state index is 0.136. The van der Waals surface area contributed by atoms with Gasteiger partial charge < -0.3 is 14.6 Å². The van der Waals surface area contributed by atoms with Crippen LogP contribution < -0.4 is 9.47 Å². The van der Waals surface area contributed by atoms with E-state index in [4.69, 9.17) is 9.47 Å². The van der Waals surface area contributed by atoms with Crippen LogP contribution in [0.3, 0.4) is 0 Å². The molecule has 0 amide bonds. The summed E-state index contributed by atoms with van der Waals surface area (Å²) < 4.78 is 38.7. The molecule has 0 radical (unpaired) electrons. The lowest BCUT2D eigenvalue weighted by molar-refractivity contribution is 0.0753. The molecule has 0 saturated heterocycles. The molecular formula is C20H23NO5S. The van der Waals surface area contributed by atoms with Crippen LogP contribution in [-0.4, -0.2) is 37.2 Å². The van der Waals surface area contributed by atoms with Gasteiger partial charge in [-0.05, 0) is 36.1 Å². The molecule has 2 aliphatic rings. The molecule has 4 rings (SSSR count). The molecule has 2 atom stereocenters. The highest BCUT2D eigenvalue weighted by atomic mass is 32.2. The average Bonchev–Trinajstić information content (AvgIpc) is 3.10. The second-order valence-electron chi connectivity index (χ2n) is 7.41. The number of aliphatic hydroxyl groups is 1. The first-order valence-electron chi connectivity index (χ1n) is 9.05. The zero-order valence-corrected chi connectivity index (χ0v) is 16.1. The van der Waals surface area contributed by atoms with E-state index in [9.17, 15) is 13.5 Å². The first kappa shape index (κ1) is 18.3. The Labute approximate surface area is 159 Å². The van der Waals surface area contributed by atoms with E-state index in [-0.39, 0.29) is 17.6 Å². The zero-order valence-electron chi connectivity index (χ0n) is 15.3. The number of rotatable bonds is 4. The SMILES string of the molecule is CC(C)CN1C(Cc2ccc3c(c2)OCO3)C(O)c2ccccc2S1(=O)=O. The lowest BCUT2D eigenvalue weighted by atomic mass is 9.95. The summed E-state index contributed by atoms with van der Waals surface area (Å²) in [6.45, 7) is 4.48. The van der Waals surface area contributed by atoms with Crippen LogP contribution in [0.5, 0.6) is 11.5 Å². The number of hydrogen-bond donors (Lipinski definition) is 1. The summed E-state index contributed by atoms with van der Waals surface area (Å²) in [6.07, 6.45) is -0.508. The van der Waals surface area contributed by atoms with E-state index in [0.29, 0.717) is 30.0 Å². The predicted octanol–water partition coefficient (Wildman–Crippen LogP) is 2.72. The second-order valence-corrected chi connectivity index (χ2v) is 9.27. The van der Waals surface area contributed by atoms with Crippen molar-refractivity contribution in [2.45, 2.75) is 37.3 Å². The van der Waals surface area contributed by atoms with Crippen molar-refractivity contribution in [2.75, 3.05) is 13.3 Å². The monoisotopic (exact) mass is 389 g/mol. The molecule has 7 heteroatoms. The van der Waals surface area contributed by atoms with E-state index >= 15 is 0 Å². The van der Waals surface area contributed by atoms with Gasteiger partial charge in [-0.1, -0.05) is 38.1 Å². The van der Waals surface area contributed by atoms with Crippen LogP contribution in [0.15, 0.2) is 47.4 Å². The lowest BCUT2D eigenvalue weighted by Crippen LogP contribution is -2.50. The Morgan fingerprint density at radius 2 is 1.89 bits per heavy atom.